The molecule has 0 aliphatic carbocycles. The molecule has 7 heteroatoms. The number of thiocarbonyl (C=S) groups is 1. The van der Waals surface area contributed by atoms with Crippen molar-refractivity contribution < 1.29 is 9.53 Å². The summed E-state index contributed by atoms with van der Waals surface area (Å²) in [5, 5.41) is 3.71. The van der Waals surface area contributed by atoms with E-state index in [0.717, 1.165) is 5.69 Å². The van der Waals surface area contributed by atoms with E-state index in [1.165, 1.54) is 18.7 Å². The molecule has 0 saturated carbocycles. The molecular weight excluding hydrogens is 358 g/mol. The van der Waals surface area contributed by atoms with Gasteiger partial charge in [0.1, 0.15) is 5.75 Å². The number of hydrogen-bond acceptors (Lipinski definition) is 3. The third-order valence-electron chi connectivity index (χ3n) is 3.53. The minimum Gasteiger partial charge on any atom is -0.496 e. The van der Waals surface area contributed by atoms with Crippen molar-refractivity contribution in [3.05, 3.63) is 58.6 Å². The molecule has 0 aromatic heterocycles. The molecule has 0 radical (unpaired) electrons. The van der Waals surface area contributed by atoms with Crippen LogP contribution in [0.3, 0.4) is 0 Å². The maximum atomic E-state index is 12.3. The number of carbonyl (C=O) groups is 1. The van der Waals surface area contributed by atoms with Gasteiger partial charge in [-0.05, 0) is 54.0 Å². The van der Waals surface area contributed by atoms with E-state index in [2.05, 4.69) is 30.0 Å². The zero-order chi connectivity index (χ0) is 18.4. The summed E-state index contributed by atoms with van der Waals surface area (Å²) >= 11 is 11.1. The first kappa shape index (κ1) is 19.0. The van der Waals surface area contributed by atoms with Gasteiger partial charge in [-0.1, -0.05) is 37.6 Å². The molecule has 1 amide bonds. The predicted molar refractivity (Wildman–Crippen MR) is 105 cm³/mol. The van der Waals surface area contributed by atoms with Gasteiger partial charge in [0.25, 0.3) is 5.91 Å². The second-order valence-electron chi connectivity index (χ2n) is 5.65. The highest BCUT2D eigenvalue weighted by atomic mass is 35.5. The molecule has 0 spiro atoms. The fourth-order valence-electron chi connectivity index (χ4n) is 2.15. The van der Waals surface area contributed by atoms with Crippen molar-refractivity contribution >= 4 is 40.5 Å². The number of hydrogen-bond donors (Lipinski definition) is 3. The molecule has 132 valence electrons. The number of rotatable bonds is 4. The minimum absolute atomic E-state index is 0.270. The van der Waals surface area contributed by atoms with Crippen molar-refractivity contribution in [3.8, 4) is 5.75 Å². The SMILES string of the molecule is COc1ccc(Cl)cc1C(=O)NNC(=S)Nc1ccc(C(C)C)cc1. The van der Waals surface area contributed by atoms with E-state index >= 15 is 0 Å². The Morgan fingerprint density at radius 3 is 2.40 bits per heavy atom. The Morgan fingerprint density at radius 1 is 1.12 bits per heavy atom. The van der Waals surface area contributed by atoms with E-state index in [-0.39, 0.29) is 5.11 Å². The average Bonchev–Trinajstić information content (AvgIpc) is 2.60. The molecule has 3 N–H and O–H groups in total. The molecule has 0 heterocycles. The Kier molecular flexibility index (Phi) is 6.61. The number of benzene rings is 2. The molecule has 0 bridgehead atoms. The molecular formula is C18H20ClN3O2S. The van der Waals surface area contributed by atoms with Crippen LogP contribution in [0.1, 0.15) is 35.7 Å². The first-order valence-corrected chi connectivity index (χ1v) is 8.50. The van der Waals surface area contributed by atoms with Gasteiger partial charge < -0.3 is 10.1 Å². The normalized spacial score (nSPS) is 10.3. The molecule has 2 rings (SSSR count). The fourth-order valence-corrected chi connectivity index (χ4v) is 2.49. The van der Waals surface area contributed by atoms with E-state index in [9.17, 15) is 4.79 Å². The molecule has 0 aliphatic rings. The van der Waals surface area contributed by atoms with Crippen LogP contribution in [0.5, 0.6) is 5.75 Å². The van der Waals surface area contributed by atoms with Crippen molar-refractivity contribution in [2.75, 3.05) is 12.4 Å². The second kappa shape index (κ2) is 8.69. The van der Waals surface area contributed by atoms with Gasteiger partial charge in [-0.15, -0.1) is 0 Å². The summed E-state index contributed by atoms with van der Waals surface area (Å²) in [5.41, 5.74) is 7.56. The molecule has 0 atom stereocenters. The Bertz CT molecular complexity index is 763. The van der Waals surface area contributed by atoms with Crippen molar-refractivity contribution in [1.82, 2.24) is 10.9 Å². The summed E-state index contributed by atoms with van der Waals surface area (Å²) in [6.45, 7) is 4.27. The Morgan fingerprint density at radius 2 is 1.80 bits per heavy atom. The number of carbonyl (C=O) groups excluding carboxylic acids is 1. The molecule has 0 unspecified atom stereocenters. The molecule has 0 aliphatic heterocycles. The monoisotopic (exact) mass is 377 g/mol. The second-order valence-corrected chi connectivity index (χ2v) is 6.50. The van der Waals surface area contributed by atoms with Crippen molar-refractivity contribution in [3.63, 3.8) is 0 Å². The van der Waals surface area contributed by atoms with Gasteiger partial charge in [-0.25, -0.2) is 0 Å². The third-order valence-corrected chi connectivity index (χ3v) is 3.97. The van der Waals surface area contributed by atoms with E-state index in [0.29, 0.717) is 22.3 Å². The largest absolute Gasteiger partial charge is 0.496 e. The van der Waals surface area contributed by atoms with Crippen molar-refractivity contribution in [2.45, 2.75) is 19.8 Å². The lowest BCUT2D eigenvalue weighted by molar-refractivity contribution is 0.0941. The van der Waals surface area contributed by atoms with Crippen LogP contribution in [0.4, 0.5) is 5.69 Å². The molecule has 25 heavy (non-hydrogen) atoms. The molecule has 0 saturated heterocycles. The summed E-state index contributed by atoms with van der Waals surface area (Å²) in [5.74, 6) is 0.483. The summed E-state index contributed by atoms with van der Waals surface area (Å²) in [6.07, 6.45) is 0. The van der Waals surface area contributed by atoms with Gasteiger partial charge in [0, 0.05) is 10.7 Å². The number of anilines is 1. The van der Waals surface area contributed by atoms with E-state index < -0.39 is 5.91 Å². The van der Waals surface area contributed by atoms with Crippen LogP contribution < -0.4 is 20.9 Å². The standard InChI is InChI=1S/C18H20ClN3O2S/c1-11(2)12-4-7-14(8-5-12)20-18(25)22-21-17(23)15-10-13(19)6-9-16(15)24-3/h4-11H,1-3H3,(H,21,23)(H2,20,22,25). The number of halogens is 1. The van der Waals surface area contributed by atoms with Crippen LogP contribution >= 0.6 is 23.8 Å². The lowest BCUT2D eigenvalue weighted by atomic mass is 10.0. The van der Waals surface area contributed by atoms with Crippen LogP contribution in [0, 0.1) is 0 Å². The number of methoxy groups -OCH3 is 1. The first-order valence-electron chi connectivity index (χ1n) is 7.71. The smallest absolute Gasteiger partial charge is 0.273 e. The van der Waals surface area contributed by atoms with Crippen LogP contribution in [0.15, 0.2) is 42.5 Å². The molecule has 5 nitrogen and oxygen atoms in total. The lowest BCUT2D eigenvalue weighted by Gasteiger charge is -2.14. The van der Waals surface area contributed by atoms with Crippen molar-refractivity contribution in [2.24, 2.45) is 0 Å². The zero-order valence-electron chi connectivity index (χ0n) is 14.2. The highest BCUT2D eigenvalue weighted by Gasteiger charge is 2.13. The van der Waals surface area contributed by atoms with Gasteiger partial charge in [0.2, 0.25) is 0 Å². The third kappa shape index (κ3) is 5.34. The average molecular weight is 378 g/mol. The number of hydrazine groups is 1. The topological polar surface area (TPSA) is 62.4 Å². The van der Waals surface area contributed by atoms with Gasteiger partial charge in [-0.3, -0.25) is 15.6 Å². The fraction of sp³-hybridized carbons (Fsp3) is 0.222. The summed E-state index contributed by atoms with van der Waals surface area (Å²) < 4.78 is 5.16. The van der Waals surface area contributed by atoms with Gasteiger partial charge in [0.15, 0.2) is 5.11 Å². The number of amides is 1. The van der Waals surface area contributed by atoms with Crippen LogP contribution in [-0.2, 0) is 0 Å². The molecule has 2 aromatic rings. The van der Waals surface area contributed by atoms with Crippen LogP contribution in [-0.4, -0.2) is 18.1 Å². The van der Waals surface area contributed by atoms with E-state index in [1.54, 1.807) is 12.1 Å². The maximum Gasteiger partial charge on any atom is 0.273 e. The quantitative estimate of drug-likeness (QED) is 0.553. The van der Waals surface area contributed by atoms with E-state index in [4.69, 9.17) is 28.6 Å². The molecule has 0 fully saturated rings. The van der Waals surface area contributed by atoms with Gasteiger partial charge in [-0.2, -0.15) is 0 Å². The van der Waals surface area contributed by atoms with E-state index in [1.807, 2.05) is 24.3 Å². The lowest BCUT2D eigenvalue weighted by Crippen LogP contribution is -2.43. The van der Waals surface area contributed by atoms with Crippen LogP contribution in [0.2, 0.25) is 5.02 Å². The Hall–Kier alpha value is -2.31. The zero-order valence-corrected chi connectivity index (χ0v) is 15.8. The minimum atomic E-state index is -0.404. The summed E-state index contributed by atoms with van der Waals surface area (Å²) in [4.78, 5) is 12.3. The maximum absolute atomic E-state index is 12.3. The van der Waals surface area contributed by atoms with Gasteiger partial charge >= 0.3 is 0 Å². The Labute approximate surface area is 157 Å². The highest BCUT2D eigenvalue weighted by Crippen LogP contribution is 2.22. The molecule has 2 aromatic carbocycles. The highest BCUT2D eigenvalue weighted by molar-refractivity contribution is 7.80. The predicted octanol–water partition coefficient (Wildman–Crippen LogP) is 4.10. The summed E-state index contributed by atoms with van der Waals surface area (Å²) in [7, 11) is 1.49. The number of nitrogens with one attached hydrogen (secondary N) is 3. The Balaban J connectivity index is 1.93. The summed E-state index contributed by atoms with van der Waals surface area (Å²) in [6, 6.07) is 12.7. The first-order chi connectivity index (χ1) is 11.9. The van der Waals surface area contributed by atoms with Crippen LogP contribution in [0.25, 0.3) is 0 Å². The van der Waals surface area contributed by atoms with Crippen molar-refractivity contribution in [1.29, 1.82) is 0 Å². The number of ether oxygens (including phenoxy) is 1. The van der Waals surface area contributed by atoms with Gasteiger partial charge in [0.05, 0.1) is 12.7 Å².